The Morgan fingerprint density at radius 3 is 2.78 bits per heavy atom. The number of halogens is 1. The Morgan fingerprint density at radius 2 is 1.91 bits per heavy atom. The molecule has 1 aliphatic rings. The summed E-state index contributed by atoms with van der Waals surface area (Å²) in [5, 5.41) is 12.6. The van der Waals surface area contributed by atoms with Crippen LogP contribution < -0.4 is 14.8 Å². The van der Waals surface area contributed by atoms with E-state index in [9.17, 15) is 4.79 Å². The van der Waals surface area contributed by atoms with Crippen LogP contribution in [0.25, 0.3) is 11.2 Å². The van der Waals surface area contributed by atoms with Gasteiger partial charge in [0.05, 0.1) is 12.3 Å². The number of carbonyl (C=O) groups excluding carboxylic acids is 1. The molecule has 0 bridgehead atoms. The van der Waals surface area contributed by atoms with Crippen molar-refractivity contribution in [2.24, 2.45) is 0 Å². The standard InChI is InChI=1S/C21H17ClN6O3S/c22-15-4-1-13(2-5-15)9-28-20-19(26-27-28)21(25-11-24-20)32-10-18(29)23-8-14-3-6-16-17(7-14)31-12-30-16/h1-7,11H,8-10,12H2,(H,23,29). The molecule has 11 heteroatoms. The van der Waals surface area contributed by atoms with Gasteiger partial charge in [-0.1, -0.05) is 46.8 Å². The molecule has 0 saturated heterocycles. The van der Waals surface area contributed by atoms with Gasteiger partial charge < -0.3 is 14.8 Å². The van der Waals surface area contributed by atoms with Crippen LogP contribution in [0.4, 0.5) is 0 Å². The first-order valence-corrected chi connectivity index (χ1v) is 11.1. The number of amides is 1. The fourth-order valence-corrected chi connectivity index (χ4v) is 4.07. The lowest BCUT2D eigenvalue weighted by Crippen LogP contribution is -2.24. The summed E-state index contributed by atoms with van der Waals surface area (Å²) in [5.74, 6) is 1.48. The van der Waals surface area contributed by atoms with Gasteiger partial charge in [-0.05, 0) is 35.4 Å². The van der Waals surface area contributed by atoms with Crippen molar-refractivity contribution >= 4 is 40.4 Å². The van der Waals surface area contributed by atoms with E-state index in [-0.39, 0.29) is 18.5 Å². The normalized spacial score (nSPS) is 12.3. The summed E-state index contributed by atoms with van der Waals surface area (Å²) < 4.78 is 12.4. The second kappa shape index (κ2) is 9.01. The molecule has 1 N–H and O–H groups in total. The summed E-state index contributed by atoms with van der Waals surface area (Å²) in [6.07, 6.45) is 1.46. The third-order valence-corrected chi connectivity index (χ3v) is 6.01. The van der Waals surface area contributed by atoms with Crippen molar-refractivity contribution < 1.29 is 14.3 Å². The molecule has 1 aliphatic heterocycles. The second-order valence-electron chi connectivity index (χ2n) is 6.98. The molecule has 1 amide bonds. The van der Waals surface area contributed by atoms with Gasteiger partial charge in [0.2, 0.25) is 12.7 Å². The zero-order valence-electron chi connectivity index (χ0n) is 16.7. The summed E-state index contributed by atoms with van der Waals surface area (Å²) in [7, 11) is 0. The zero-order valence-corrected chi connectivity index (χ0v) is 18.3. The number of ether oxygens (including phenoxy) is 2. The van der Waals surface area contributed by atoms with E-state index >= 15 is 0 Å². The van der Waals surface area contributed by atoms with Crippen LogP contribution in [-0.2, 0) is 17.9 Å². The van der Waals surface area contributed by atoms with Crippen LogP contribution in [0.3, 0.4) is 0 Å². The number of hydrogen-bond donors (Lipinski definition) is 1. The van der Waals surface area contributed by atoms with E-state index in [4.69, 9.17) is 21.1 Å². The van der Waals surface area contributed by atoms with E-state index in [1.807, 2.05) is 42.5 Å². The quantitative estimate of drug-likeness (QED) is 0.326. The number of nitrogens with one attached hydrogen (secondary N) is 1. The molecule has 0 unspecified atom stereocenters. The molecular weight excluding hydrogens is 452 g/mol. The van der Waals surface area contributed by atoms with E-state index in [1.54, 1.807) is 4.68 Å². The van der Waals surface area contributed by atoms with Gasteiger partial charge in [-0.3, -0.25) is 4.79 Å². The fraction of sp³-hybridized carbons (Fsp3) is 0.190. The summed E-state index contributed by atoms with van der Waals surface area (Å²) in [6.45, 7) is 1.12. The van der Waals surface area contributed by atoms with Crippen molar-refractivity contribution in [2.45, 2.75) is 18.1 Å². The number of nitrogens with zero attached hydrogens (tertiary/aromatic N) is 5. The fourth-order valence-electron chi connectivity index (χ4n) is 3.18. The molecule has 2 aromatic carbocycles. The Kier molecular flexibility index (Phi) is 5.78. The second-order valence-corrected chi connectivity index (χ2v) is 8.38. The molecular formula is C21H17ClN6O3S. The Labute approximate surface area is 192 Å². The Balaban J connectivity index is 1.21. The highest BCUT2D eigenvalue weighted by Crippen LogP contribution is 2.32. The van der Waals surface area contributed by atoms with Gasteiger partial charge in [-0.15, -0.1) is 5.10 Å². The largest absolute Gasteiger partial charge is 0.454 e. The van der Waals surface area contributed by atoms with Gasteiger partial charge in [0.1, 0.15) is 11.4 Å². The molecule has 0 saturated carbocycles. The van der Waals surface area contributed by atoms with Crippen LogP contribution in [0, 0.1) is 0 Å². The number of thioether (sulfide) groups is 1. The first-order valence-electron chi connectivity index (χ1n) is 9.72. The van der Waals surface area contributed by atoms with Crippen LogP contribution in [0.1, 0.15) is 11.1 Å². The lowest BCUT2D eigenvalue weighted by Gasteiger charge is -2.06. The summed E-state index contributed by atoms with van der Waals surface area (Å²) in [6, 6.07) is 13.1. The predicted molar refractivity (Wildman–Crippen MR) is 119 cm³/mol. The Hall–Kier alpha value is -3.37. The van der Waals surface area contributed by atoms with Gasteiger partial charge in [0.15, 0.2) is 22.7 Å². The number of hydrogen-bond acceptors (Lipinski definition) is 8. The van der Waals surface area contributed by atoms with Crippen LogP contribution in [0.15, 0.2) is 53.8 Å². The Bertz CT molecular complexity index is 1280. The third kappa shape index (κ3) is 4.46. The van der Waals surface area contributed by atoms with Gasteiger partial charge in [-0.2, -0.15) is 0 Å². The molecule has 32 heavy (non-hydrogen) atoms. The molecule has 0 aliphatic carbocycles. The van der Waals surface area contributed by atoms with E-state index < -0.39 is 0 Å². The third-order valence-electron chi connectivity index (χ3n) is 4.78. The maximum absolute atomic E-state index is 12.4. The van der Waals surface area contributed by atoms with E-state index in [2.05, 4.69) is 25.6 Å². The van der Waals surface area contributed by atoms with E-state index in [0.29, 0.717) is 45.8 Å². The molecule has 9 nitrogen and oxygen atoms in total. The monoisotopic (exact) mass is 468 g/mol. The maximum Gasteiger partial charge on any atom is 0.231 e. The van der Waals surface area contributed by atoms with Crippen molar-refractivity contribution in [1.29, 1.82) is 0 Å². The zero-order chi connectivity index (χ0) is 21.9. The lowest BCUT2D eigenvalue weighted by atomic mass is 10.2. The van der Waals surface area contributed by atoms with Crippen LogP contribution in [-0.4, -0.2) is 43.4 Å². The molecule has 0 radical (unpaired) electrons. The molecule has 2 aromatic heterocycles. The number of benzene rings is 2. The van der Waals surface area contributed by atoms with Crippen LogP contribution >= 0.6 is 23.4 Å². The van der Waals surface area contributed by atoms with Crippen LogP contribution in [0.5, 0.6) is 11.5 Å². The van der Waals surface area contributed by atoms with E-state index in [1.165, 1.54) is 18.1 Å². The average Bonchev–Trinajstić information content (AvgIpc) is 3.45. The van der Waals surface area contributed by atoms with Crippen molar-refractivity contribution in [2.75, 3.05) is 12.5 Å². The lowest BCUT2D eigenvalue weighted by molar-refractivity contribution is -0.118. The minimum absolute atomic E-state index is 0.118. The highest BCUT2D eigenvalue weighted by atomic mass is 35.5. The van der Waals surface area contributed by atoms with Crippen molar-refractivity contribution in [3.63, 3.8) is 0 Å². The molecule has 4 aromatic rings. The SMILES string of the molecule is O=C(CSc1ncnc2c1nnn2Cc1ccc(Cl)cc1)NCc1ccc2c(c1)OCO2. The van der Waals surface area contributed by atoms with Gasteiger partial charge in [0.25, 0.3) is 0 Å². The molecule has 3 heterocycles. The first-order chi connectivity index (χ1) is 15.7. The summed E-state index contributed by atoms with van der Waals surface area (Å²) in [5.41, 5.74) is 3.13. The summed E-state index contributed by atoms with van der Waals surface area (Å²) >= 11 is 7.24. The minimum atomic E-state index is -0.118. The average molecular weight is 469 g/mol. The van der Waals surface area contributed by atoms with Gasteiger partial charge >= 0.3 is 0 Å². The van der Waals surface area contributed by atoms with Crippen molar-refractivity contribution in [3.8, 4) is 11.5 Å². The number of aromatic nitrogens is 5. The highest BCUT2D eigenvalue weighted by molar-refractivity contribution is 8.00. The molecule has 0 atom stereocenters. The molecule has 162 valence electrons. The highest BCUT2D eigenvalue weighted by Gasteiger charge is 2.15. The van der Waals surface area contributed by atoms with Crippen molar-refractivity contribution in [1.82, 2.24) is 30.3 Å². The topological polar surface area (TPSA) is 104 Å². The molecule has 0 fully saturated rings. The number of fused-ring (bicyclic) bond motifs is 2. The smallest absolute Gasteiger partial charge is 0.231 e. The maximum atomic E-state index is 12.4. The minimum Gasteiger partial charge on any atom is -0.454 e. The van der Waals surface area contributed by atoms with Crippen molar-refractivity contribution in [3.05, 3.63) is 64.9 Å². The molecule has 0 spiro atoms. The summed E-state index contributed by atoms with van der Waals surface area (Å²) in [4.78, 5) is 20.9. The Morgan fingerprint density at radius 1 is 1.09 bits per heavy atom. The molecule has 5 rings (SSSR count). The first kappa shape index (κ1) is 20.5. The number of carbonyl (C=O) groups is 1. The van der Waals surface area contributed by atoms with Crippen LogP contribution in [0.2, 0.25) is 5.02 Å². The predicted octanol–water partition coefficient (Wildman–Crippen LogP) is 3.06. The number of rotatable bonds is 7. The van der Waals surface area contributed by atoms with Gasteiger partial charge in [0, 0.05) is 11.6 Å². The van der Waals surface area contributed by atoms with Gasteiger partial charge in [-0.25, -0.2) is 14.6 Å². The van der Waals surface area contributed by atoms with E-state index in [0.717, 1.165) is 11.1 Å².